The molecule has 0 saturated heterocycles. The summed E-state index contributed by atoms with van der Waals surface area (Å²) in [6, 6.07) is 5.05. The van der Waals surface area contributed by atoms with Crippen LogP contribution in [0.15, 0.2) is 23.0 Å². The molecule has 0 fully saturated rings. The number of hydrogen-bond donors (Lipinski definition) is 1. The number of aromatic nitrogens is 3. The second-order valence-corrected chi connectivity index (χ2v) is 4.65. The van der Waals surface area contributed by atoms with E-state index in [4.69, 9.17) is 11.6 Å². The number of nitrogens with one attached hydrogen (secondary N) is 1. The van der Waals surface area contributed by atoms with Gasteiger partial charge in [0.25, 0.3) is 5.56 Å². The minimum absolute atomic E-state index is 0.0993. The fourth-order valence-electron chi connectivity index (χ4n) is 1.84. The molecule has 0 aliphatic carbocycles. The average molecular weight is 279 g/mol. The van der Waals surface area contributed by atoms with Crippen molar-refractivity contribution in [1.29, 1.82) is 0 Å². The molecule has 100 valence electrons. The van der Waals surface area contributed by atoms with E-state index in [1.54, 1.807) is 37.6 Å². The van der Waals surface area contributed by atoms with Crippen LogP contribution in [0.3, 0.4) is 0 Å². The first-order valence-electron chi connectivity index (χ1n) is 5.89. The summed E-state index contributed by atoms with van der Waals surface area (Å²) in [7, 11) is 1.78. The zero-order valence-electron chi connectivity index (χ0n) is 11.1. The number of hydrogen-bond acceptors (Lipinski definition) is 4. The largest absolute Gasteiger partial charge is 0.373 e. The lowest BCUT2D eigenvalue weighted by Gasteiger charge is -2.11. The van der Waals surface area contributed by atoms with Crippen molar-refractivity contribution in [3.05, 3.63) is 50.8 Å². The van der Waals surface area contributed by atoms with Crippen molar-refractivity contribution in [2.24, 2.45) is 0 Å². The van der Waals surface area contributed by atoms with Crippen molar-refractivity contribution in [3.8, 4) is 0 Å². The first-order valence-corrected chi connectivity index (χ1v) is 6.27. The zero-order valence-corrected chi connectivity index (χ0v) is 11.8. The van der Waals surface area contributed by atoms with Crippen molar-refractivity contribution >= 4 is 17.4 Å². The van der Waals surface area contributed by atoms with Gasteiger partial charge in [-0.05, 0) is 26.0 Å². The summed E-state index contributed by atoms with van der Waals surface area (Å²) in [5.41, 5.74) is 1.25. The smallest absolute Gasteiger partial charge is 0.254 e. The molecule has 0 aromatic carbocycles. The molecule has 2 aromatic heterocycles. The van der Waals surface area contributed by atoms with Crippen molar-refractivity contribution in [2.75, 3.05) is 12.4 Å². The lowest BCUT2D eigenvalue weighted by atomic mass is 10.3. The van der Waals surface area contributed by atoms with Gasteiger partial charge in [-0.15, -0.1) is 0 Å². The standard InChI is InChI=1S/C13H15ClN4O/c1-8-6-13(19)18(9(2)16-8)7-11-10(14)4-5-12(15-3)17-11/h4-6H,7H2,1-3H3,(H,15,17). The predicted molar refractivity (Wildman–Crippen MR) is 75.9 cm³/mol. The Morgan fingerprint density at radius 1 is 1.32 bits per heavy atom. The monoisotopic (exact) mass is 278 g/mol. The third-order valence-electron chi connectivity index (χ3n) is 2.81. The van der Waals surface area contributed by atoms with Crippen LogP contribution in [-0.2, 0) is 6.54 Å². The predicted octanol–water partition coefficient (Wildman–Crippen LogP) is 2.00. The molecule has 2 aromatic rings. The van der Waals surface area contributed by atoms with Crippen LogP contribution in [0, 0.1) is 13.8 Å². The normalized spacial score (nSPS) is 10.5. The first kappa shape index (κ1) is 13.5. The summed E-state index contributed by atoms with van der Waals surface area (Å²) in [4.78, 5) is 20.6. The Labute approximate surface area is 116 Å². The summed E-state index contributed by atoms with van der Waals surface area (Å²) in [6.07, 6.45) is 0. The number of nitrogens with zero attached hydrogens (tertiary/aromatic N) is 3. The van der Waals surface area contributed by atoms with E-state index in [2.05, 4.69) is 15.3 Å². The van der Waals surface area contributed by atoms with Crippen LogP contribution in [-0.4, -0.2) is 21.6 Å². The van der Waals surface area contributed by atoms with Gasteiger partial charge in [-0.3, -0.25) is 9.36 Å². The highest BCUT2D eigenvalue weighted by Crippen LogP contribution is 2.17. The summed E-state index contributed by atoms with van der Waals surface area (Å²) in [5, 5.41) is 3.48. The molecule has 0 atom stereocenters. The molecular formula is C13H15ClN4O. The Kier molecular flexibility index (Phi) is 3.85. The van der Waals surface area contributed by atoms with Crippen LogP contribution in [0.2, 0.25) is 5.02 Å². The first-order chi connectivity index (χ1) is 9.01. The van der Waals surface area contributed by atoms with Crippen molar-refractivity contribution in [1.82, 2.24) is 14.5 Å². The van der Waals surface area contributed by atoms with E-state index in [1.165, 1.54) is 6.07 Å². The van der Waals surface area contributed by atoms with Crippen LogP contribution in [0.1, 0.15) is 17.2 Å². The highest BCUT2D eigenvalue weighted by Gasteiger charge is 2.08. The summed E-state index contributed by atoms with van der Waals surface area (Å²) in [5.74, 6) is 1.36. The molecule has 0 bridgehead atoms. The molecule has 5 nitrogen and oxygen atoms in total. The Morgan fingerprint density at radius 2 is 2.05 bits per heavy atom. The fraction of sp³-hybridized carbons (Fsp3) is 0.308. The number of pyridine rings is 1. The molecule has 0 spiro atoms. The Bertz CT molecular complexity index is 666. The molecule has 2 heterocycles. The van der Waals surface area contributed by atoms with Crippen LogP contribution >= 0.6 is 11.6 Å². The average Bonchev–Trinajstić information content (AvgIpc) is 2.35. The van der Waals surface area contributed by atoms with Crippen LogP contribution < -0.4 is 10.9 Å². The van der Waals surface area contributed by atoms with E-state index in [0.29, 0.717) is 34.6 Å². The summed E-state index contributed by atoms with van der Waals surface area (Å²) in [6.45, 7) is 3.90. The quantitative estimate of drug-likeness (QED) is 0.933. The maximum atomic E-state index is 12.0. The molecule has 6 heteroatoms. The highest BCUT2D eigenvalue weighted by atomic mass is 35.5. The lowest BCUT2D eigenvalue weighted by Crippen LogP contribution is -2.24. The van der Waals surface area contributed by atoms with Gasteiger partial charge in [0.1, 0.15) is 11.6 Å². The molecule has 0 aliphatic heterocycles. The van der Waals surface area contributed by atoms with Gasteiger partial charge in [-0.2, -0.15) is 0 Å². The summed E-state index contributed by atoms with van der Waals surface area (Å²) >= 11 is 6.11. The van der Waals surface area contributed by atoms with E-state index < -0.39 is 0 Å². The van der Waals surface area contributed by atoms with Crippen molar-refractivity contribution in [2.45, 2.75) is 20.4 Å². The highest BCUT2D eigenvalue weighted by molar-refractivity contribution is 6.31. The van der Waals surface area contributed by atoms with Crippen LogP contribution in [0.4, 0.5) is 5.82 Å². The molecule has 2 rings (SSSR count). The molecule has 0 amide bonds. The Morgan fingerprint density at radius 3 is 2.68 bits per heavy atom. The van der Waals surface area contributed by atoms with Gasteiger partial charge in [0, 0.05) is 18.8 Å². The third kappa shape index (κ3) is 2.93. The second kappa shape index (κ2) is 5.40. The van der Waals surface area contributed by atoms with Gasteiger partial charge in [0.15, 0.2) is 0 Å². The van der Waals surface area contributed by atoms with Crippen LogP contribution in [0.5, 0.6) is 0 Å². The van der Waals surface area contributed by atoms with Gasteiger partial charge < -0.3 is 5.32 Å². The van der Waals surface area contributed by atoms with E-state index in [-0.39, 0.29) is 5.56 Å². The molecule has 0 saturated carbocycles. The number of aryl methyl sites for hydroxylation is 2. The van der Waals surface area contributed by atoms with Crippen molar-refractivity contribution < 1.29 is 0 Å². The molecular weight excluding hydrogens is 264 g/mol. The maximum absolute atomic E-state index is 12.0. The van der Waals surface area contributed by atoms with Gasteiger partial charge >= 0.3 is 0 Å². The molecule has 0 aliphatic rings. The molecule has 0 radical (unpaired) electrons. The molecule has 19 heavy (non-hydrogen) atoms. The number of anilines is 1. The SMILES string of the molecule is CNc1ccc(Cl)c(Cn2c(C)nc(C)cc2=O)n1. The fourth-order valence-corrected chi connectivity index (χ4v) is 2.01. The van der Waals surface area contributed by atoms with Gasteiger partial charge in [0.2, 0.25) is 0 Å². The number of rotatable bonds is 3. The lowest BCUT2D eigenvalue weighted by molar-refractivity contribution is 0.682. The number of halogens is 1. The minimum atomic E-state index is -0.0993. The molecule has 1 N–H and O–H groups in total. The molecule has 0 unspecified atom stereocenters. The van der Waals surface area contributed by atoms with E-state index in [1.807, 2.05) is 0 Å². The van der Waals surface area contributed by atoms with Gasteiger partial charge in [0.05, 0.1) is 17.3 Å². The van der Waals surface area contributed by atoms with E-state index in [0.717, 1.165) is 0 Å². The van der Waals surface area contributed by atoms with Crippen LogP contribution in [0.25, 0.3) is 0 Å². The maximum Gasteiger partial charge on any atom is 0.254 e. The van der Waals surface area contributed by atoms with Gasteiger partial charge in [-0.1, -0.05) is 11.6 Å². The van der Waals surface area contributed by atoms with Gasteiger partial charge in [-0.25, -0.2) is 9.97 Å². The summed E-state index contributed by atoms with van der Waals surface area (Å²) < 4.78 is 1.56. The van der Waals surface area contributed by atoms with E-state index in [9.17, 15) is 4.79 Å². The zero-order chi connectivity index (χ0) is 14.0. The van der Waals surface area contributed by atoms with Crippen molar-refractivity contribution in [3.63, 3.8) is 0 Å². The topological polar surface area (TPSA) is 59.8 Å². The third-order valence-corrected chi connectivity index (χ3v) is 3.15. The minimum Gasteiger partial charge on any atom is -0.373 e. The Hall–Kier alpha value is -1.88. The van der Waals surface area contributed by atoms with E-state index >= 15 is 0 Å². The Balaban J connectivity index is 2.44. The second-order valence-electron chi connectivity index (χ2n) is 4.24.